The number of piperidine rings is 1. The number of benzene rings is 1. The number of hydrogen-bond acceptors (Lipinski definition) is 7. The first-order valence-electron chi connectivity index (χ1n) is 9.01. The summed E-state index contributed by atoms with van der Waals surface area (Å²) in [7, 11) is -3.62. The van der Waals surface area contributed by atoms with Crippen molar-refractivity contribution in [2.45, 2.75) is 51.0 Å². The number of aryl methyl sites for hydroxylation is 2. The van der Waals surface area contributed by atoms with Crippen molar-refractivity contribution in [3.63, 3.8) is 0 Å². The van der Waals surface area contributed by atoms with Crippen molar-refractivity contribution in [3.8, 4) is 0 Å². The quantitative estimate of drug-likeness (QED) is 0.695. The molecule has 1 fully saturated rings. The van der Waals surface area contributed by atoms with E-state index in [0.29, 0.717) is 30.9 Å². The Bertz CT molecular complexity index is 917. The van der Waals surface area contributed by atoms with Crippen molar-refractivity contribution < 1.29 is 22.5 Å². The van der Waals surface area contributed by atoms with Crippen LogP contribution in [0, 0.1) is 6.92 Å². The number of carbonyl (C=O) groups excluding carboxylic acids is 1. The number of esters is 1. The van der Waals surface area contributed by atoms with Crippen molar-refractivity contribution >= 4 is 16.0 Å². The lowest BCUT2D eigenvalue weighted by molar-refractivity contribution is 0.0428. The van der Waals surface area contributed by atoms with E-state index in [9.17, 15) is 13.2 Å². The highest BCUT2D eigenvalue weighted by Gasteiger charge is 2.27. The summed E-state index contributed by atoms with van der Waals surface area (Å²) < 4.78 is 37.3. The first kappa shape index (κ1) is 19.5. The highest BCUT2D eigenvalue weighted by Crippen LogP contribution is 2.23. The number of hydrogen-bond donors (Lipinski definition) is 0. The Morgan fingerprint density at radius 3 is 2.67 bits per heavy atom. The molecular weight excluding hydrogens is 370 g/mol. The molecule has 1 aromatic carbocycles. The maximum Gasteiger partial charge on any atom is 0.338 e. The summed E-state index contributed by atoms with van der Waals surface area (Å²) in [5.41, 5.74) is 0.848. The molecule has 0 spiro atoms. The molecule has 0 saturated carbocycles. The van der Waals surface area contributed by atoms with Gasteiger partial charge in [-0.25, -0.2) is 13.2 Å². The molecule has 9 heteroatoms. The van der Waals surface area contributed by atoms with E-state index >= 15 is 0 Å². The van der Waals surface area contributed by atoms with E-state index in [4.69, 9.17) is 9.26 Å². The normalized spacial score (nSPS) is 15.6. The molecular formula is C18H23N3O5S. The van der Waals surface area contributed by atoms with Crippen LogP contribution in [0.25, 0.3) is 0 Å². The second-order valence-corrected chi connectivity index (χ2v) is 8.41. The number of ether oxygens (including phenoxy) is 1. The van der Waals surface area contributed by atoms with E-state index in [1.807, 2.05) is 6.92 Å². The van der Waals surface area contributed by atoms with Gasteiger partial charge in [0, 0.05) is 19.5 Å². The van der Waals surface area contributed by atoms with Crippen LogP contribution in [0.4, 0.5) is 0 Å². The highest BCUT2D eigenvalue weighted by molar-refractivity contribution is 7.89. The van der Waals surface area contributed by atoms with Gasteiger partial charge in [-0.05, 0) is 37.5 Å². The number of carbonyl (C=O) groups is 1. The van der Waals surface area contributed by atoms with Crippen LogP contribution >= 0.6 is 0 Å². The third kappa shape index (κ3) is 4.36. The first-order valence-corrected chi connectivity index (χ1v) is 10.4. The fourth-order valence-corrected chi connectivity index (χ4v) is 4.48. The monoisotopic (exact) mass is 393 g/mol. The summed E-state index contributed by atoms with van der Waals surface area (Å²) in [6.07, 6.45) is 3.35. The molecule has 0 atom stereocenters. The van der Waals surface area contributed by atoms with Gasteiger partial charge in [-0.2, -0.15) is 9.29 Å². The van der Waals surface area contributed by atoms with Crippen LogP contribution in [-0.2, 0) is 27.8 Å². The van der Waals surface area contributed by atoms with Gasteiger partial charge < -0.3 is 9.26 Å². The molecule has 0 bridgehead atoms. The van der Waals surface area contributed by atoms with Gasteiger partial charge in [-0.15, -0.1) is 0 Å². The molecule has 3 rings (SSSR count). The number of nitrogens with zero attached hydrogens (tertiary/aromatic N) is 3. The zero-order valence-corrected chi connectivity index (χ0v) is 16.3. The number of aromatic nitrogens is 2. The van der Waals surface area contributed by atoms with Gasteiger partial charge in [-0.1, -0.05) is 24.6 Å². The van der Waals surface area contributed by atoms with E-state index in [-0.39, 0.29) is 23.0 Å². The minimum atomic E-state index is -3.62. The van der Waals surface area contributed by atoms with Gasteiger partial charge >= 0.3 is 5.97 Å². The second-order valence-electron chi connectivity index (χ2n) is 6.48. The molecule has 0 amide bonds. The summed E-state index contributed by atoms with van der Waals surface area (Å²) in [5.74, 6) is 0.112. The van der Waals surface area contributed by atoms with Crippen molar-refractivity contribution in [3.05, 3.63) is 41.0 Å². The fourth-order valence-electron chi connectivity index (χ4n) is 2.93. The largest absolute Gasteiger partial charge is 0.452 e. The lowest BCUT2D eigenvalue weighted by atomic mass is 10.1. The lowest BCUT2D eigenvalue weighted by Gasteiger charge is -2.26. The van der Waals surface area contributed by atoms with Crippen molar-refractivity contribution in [1.82, 2.24) is 14.4 Å². The van der Waals surface area contributed by atoms with Crippen molar-refractivity contribution in [2.24, 2.45) is 0 Å². The average molecular weight is 393 g/mol. The predicted molar refractivity (Wildman–Crippen MR) is 96.6 cm³/mol. The van der Waals surface area contributed by atoms with Crippen LogP contribution in [0.2, 0.25) is 0 Å². The van der Waals surface area contributed by atoms with Gasteiger partial charge in [-0.3, -0.25) is 0 Å². The van der Waals surface area contributed by atoms with Gasteiger partial charge in [0.2, 0.25) is 10.0 Å². The molecule has 0 N–H and O–H groups in total. The molecule has 1 aliphatic rings. The zero-order chi connectivity index (χ0) is 19.4. The molecule has 146 valence electrons. The molecule has 8 nitrogen and oxygen atoms in total. The van der Waals surface area contributed by atoms with E-state index < -0.39 is 16.0 Å². The topological polar surface area (TPSA) is 103 Å². The van der Waals surface area contributed by atoms with Crippen LogP contribution in [0.5, 0.6) is 0 Å². The van der Waals surface area contributed by atoms with E-state index in [0.717, 1.165) is 19.3 Å². The second kappa shape index (κ2) is 8.18. The van der Waals surface area contributed by atoms with E-state index in [2.05, 4.69) is 10.1 Å². The van der Waals surface area contributed by atoms with Gasteiger partial charge in [0.25, 0.3) is 5.89 Å². The Kier molecular flexibility index (Phi) is 5.91. The highest BCUT2D eigenvalue weighted by atomic mass is 32.2. The molecule has 1 saturated heterocycles. The number of rotatable bonds is 6. The molecule has 0 unspecified atom stereocenters. The van der Waals surface area contributed by atoms with Gasteiger partial charge in [0.1, 0.15) is 0 Å². The Morgan fingerprint density at radius 2 is 2.00 bits per heavy atom. The first-order chi connectivity index (χ1) is 12.9. The Balaban J connectivity index is 1.76. The van der Waals surface area contributed by atoms with Crippen LogP contribution in [0.15, 0.2) is 27.6 Å². The summed E-state index contributed by atoms with van der Waals surface area (Å²) in [6, 6.07) is 4.53. The maximum absolute atomic E-state index is 12.8. The summed E-state index contributed by atoms with van der Waals surface area (Å²) in [5, 5.41) is 3.74. The van der Waals surface area contributed by atoms with Gasteiger partial charge in [0.15, 0.2) is 12.4 Å². The molecule has 2 heterocycles. The average Bonchev–Trinajstić information content (AvgIpc) is 3.15. The van der Waals surface area contributed by atoms with Crippen LogP contribution in [-0.4, -0.2) is 41.9 Å². The Labute approximate surface area is 158 Å². The Morgan fingerprint density at radius 1 is 1.26 bits per heavy atom. The Hall–Kier alpha value is -2.26. The third-order valence-electron chi connectivity index (χ3n) is 4.53. The van der Waals surface area contributed by atoms with Crippen LogP contribution in [0.3, 0.4) is 0 Å². The summed E-state index contributed by atoms with van der Waals surface area (Å²) in [6.45, 7) is 4.47. The van der Waals surface area contributed by atoms with E-state index in [1.165, 1.54) is 16.4 Å². The molecule has 0 radical (unpaired) electrons. The molecule has 1 aliphatic heterocycles. The smallest absolute Gasteiger partial charge is 0.338 e. The fraction of sp³-hybridized carbons (Fsp3) is 0.500. The van der Waals surface area contributed by atoms with E-state index in [1.54, 1.807) is 13.0 Å². The summed E-state index contributed by atoms with van der Waals surface area (Å²) >= 11 is 0. The number of sulfonamides is 1. The predicted octanol–water partition coefficient (Wildman–Crippen LogP) is 2.47. The molecule has 27 heavy (non-hydrogen) atoms. The SMILES string of the molecule is CCc1noc(COC(=O)c2cc(S(=O)(=O)N3CCCCC3)ccc2C)n1. The van der Waals surface area contributed by atoms with Gasteiger partial charge in [0.05, 0.1) is 10.5 Å². The molecule has 1 aromatic heterocycles. The van der Waals surface area contributed by atoms with Crippen LogP contribution in [0.1, 0.15) is 53.8 Å². The minimum Gasteiger partial charge on any atom is -0.452 e. The van der Waals surface area contributed by atoms with Crippen molar-refractivity contribution in [2.75, 3.05) is 13.1 Å². The zero-order valence-electron chi connectivity index (χ0n) is 15.5. The lowest BCUT2D eigenvalue weighted by Crippen LogP contribution is -2.35. The standard InChI is InChI=1S/C18H23N3O5S/c1-3-16-19-17(26-20-16)12-25-18(22)15-11-14(8-7-13(15)2)27(23,24)21-9-5-4-6-10-21/h7-8,11H,3-6,9-10,12H2,1-2H3. The summed E-state index contributed by atoms with van der Waals surface area (Å²) in [4.78, 5) is 16.6. The minimum absolute atomic E-state index is 0.105. The maximum atomic E-state index is 12.8. The molecule has 0 aliphatic carbocycles. The van der Waals surface area contributed by atoms with Crippen LogP contribution < -0.4 is 0 Å². The van der Waals surface area contributed by atoms with Crippen molar-refractivity contribution in [1.29, 1.82) is 0 Å². The third-order valence-corrected chi connectivity index (χ3v) is 6.43. The molecule has 2 aromatic rings.